The van der Waals surface area contributed by atoms with Gasteiger partial charge in [-0.15, -0.1) is 0 Å². The van der Waals surface area contributed by atoms with Gasteiger partial charge in [-0.2, -0.15) is 0 Å². The highest BCUT2D eigenvalue weighted by atomic mass is 19.1. The highest BCUT2D eigenvalue weighted by Gasteiger charge is 2.23. The van der Waals surface area contributed by atoms with Gasteiger partial charge in [-0.1, -0.05) is 25.5 Å². The summed E-state index contributed by atoms with van der Waals surface area (Å²) in [5.41, 5.74) is 0.808. The number of nitrogens with one attached hydrogen (secondary N) is 1. The zero-order valence-electron chi connectivity index (χ0n) is 13.3. The summed E-state index contributed by atoms with van der Waals surface area (Å²) < 4.78 is 18.4. The number of rotatable bonds is 11. The first-order valence-corrected chi connectivity index (χ1v) is 7.80. The zero-order valence-corrected chi connectivity index (χ0v) is 13.3. The molecular weight excluding hydrogens is 285 g/mol. The highest BCUT2D eigenvalue weighted by Crippen LogP contribution is 2.27. The lowest BCUT2D eigenvalue weighted by atomic mass is 9.92. The van der Waals surface area contributed by atoms with Gasteiger partial charge < -0.3 is 15.2 Å². The van der Waals surface area contributed by atoms with Crippen molar-refractivity contribution >= 4 is 5.97 Å². The number of carbonyl (C=O) groups is 1. The van der Waals surface area contributed by atoms with Gasteiger partial charge in [-0.3, -0.25) is 4.79 Å². The fourth-order valence-corrected chi connectivity index (χ4v) is 2.46. The summed E-state index contributed by atoms with van der Waals surface area (Å²) in [6, 6.07) is 6.03. The van der Waals surface area contributed by atoms with Crippen LogP contribution in [0, 0.1) is 11.7 Å². The molecule has 0 saturated heterocycles. The summed E-state index contributed by atoms with van der Waals surface area (Å²) in [4.78, 5) is 11.4. The van der Waals surface area contributed by atoms with Crippen molar-refractivity contribution in [2.75, 3.05) is 20.2 Å². The Hall–Kier alpha value is -1.46. The summed E-state index contributed by atoms with van der Waals surface area (Å²) in [6.07, 6.45) is 2.53. The van der Waals surface area contributed by atoms with Gasteiger partial charge in [0.15, 0.2) is 0 Å². The molecule has 0 bridgehead atoms. The van der Waals surface area contributed by atoms with Gasteiger partial charge in [0.1, 0.15) is 5.82 Å². The van der Waals surface area contributed by atoms with Gasteiger partial charge in [0.05, 0.1) is 12.0 Å². The van der Waals surface area contributed by atoms with Gasteiger partial charge in [0.2, 0.25) is 0 Å². The minimum Gasteiger partial charge on any atom is -0.481 e. The molecule has 1 rings (SSSR count). The van der Waals surface area contributed by atoms with Crippen LogP contribution in [0.5, 0.6) is 0 Å². The van der Waals surface area contributed by atoms with Crippen LogP contribution in [-0.2, 0) is 9.53 Å². The zero-order chi connectivity index (χ0) is 16.4. The fourth-order valence-electron chi connectivity index (χ4n) is 2.46. The van der Waals surface area contributed by atoms with E-state index in [4.69, 9.17) is 4.74 Å². The van der Waals surface area contributed by atoms with E-state index in [0.717, 1.165) is 31.5 Å². The molecule has 1 aromatic carbocycles. The van der Waals surface area contributed by atoms with Gasteiger partial charge >= 0.3 is 5.97 Å². The topological polar surface area (TPSA) is 58.6 Å². The Balaban J connectivity index is 2.55. The smallest absolute Gasteiger partial charge is 0.306 e. The summed E-state index contributed by atoms with van der Waals surface area (Å²) >= 11 is 0. The average molecular weight is 311 g/mol. The maximum absolute atomic E-state index is 13.0. The van der Waals surface area contributed by atoms with E-state index in [2.05, 4.69) is 5.32 Å². The van der Waals surface area contributed by atoms with Crippen LogP contribution >= 0.6 is 0 Å². The van der Waals surface area contributed by atoms with Gasteiger partial charge in [0, 0.05) is 7.11 Å². The molecule has 0 heterocycles. The SMILES string of the molecule is CCNCCCCC(CC(OC)c1ccc(F)cc1)C(=O)O. The normalized spacial score (nSPS) is 13.8. The van der Waals surface area contributed by atoms with E-state index < -0.39 is 11.9 Å². The molecule has 0 radical (unpaired) electrons. The number of hydrogen-bond donors (Lipinski definition) is 2. The number of carboxylic acids is 1. The monoisotopic (exact) mass is 311 g/mol. The van der Waals surface area contributed by atoms with Crippen molar-refractivity contribution in [3.05, 3.63) is 35.6 Å². The lowest BCUT2D eigenvalue weighted by Crippen LogP contribution is -2.19. The largest absolute Gasteiger partial charge is 0.481 e. The third-order valence-electron chi connectivity index (χ3n) is 3.78. The van der Waals surface area contributed by atoms with Crippen molar-refractivity contribution in [2.24, 2.45) is 5.92 Å². The van der Waals surface area contributed by atoms with Crippen LogP contribution in [0.2, 0.25) is 0 Å². The molecule has 0 aliphatic heterocycles. The Morgan fingerprint density at radius 1 is 1.32 bits per heavy atom. The molecular formula is C17H26FNO3. The van der Waals surface area contributed by atoms with Gasteiger partial charge in [0.25, 0.3) is 0 Å². The molecule has 1 aromatic rings. The van der Waals surface area contributed by atoms with Gasteiger partial charge in [-0.05, 0) is 50.0 Å². The molecule has 0 spiro atoms. The second-order valence-electron chi connectivity index (χ2n) is 5.40. The molecule has 0 saturated carbocycles. The Morgan fingerprint density at radius 2 is 2.00 bits per heavy atom. The van der Waals surface area contributed by atoms with E-state index in [0.29, 0.717) is 12.8 Å². The molecule has 0 aliphatic carbocycles. The molecule has 4 nitrogen and oxygen atoms in total. The predicted molar refractivity (Wildman–Crippen MR) is 84.3 cm³/mol. The number of methoxy groups -OCH3 is 1. The summed E-state index contributed by atoms with van der Waals surface area (Å²) in [5.74, 6) is -1.55. The predicted octanol–water partition coefficient (Wildman–Crippen LogP) is 3.38. The van der Waals surface area contributed by atoms with Crippen molar-refractivity contribution in [1.29, 1.82) is 0 Å². The number of carboxylic acid groups (broad SMARTS) is 1. The first kappa shape index (κ1) is 18.6. The fraction of sp³-hybridized carbons (Fsp3) is 0.588. The summed E-state index contributed by atoms with van der Waals surface area (Å²) in [6.45, 7) is 3.89. The molecule has 0 amide bonds. The standard InChI is InChI=1S/C17H26FNO3/c1-3-19-11-5-4-6-14(17(20)21)12-16(22-2)13-7-9-15(18)10-8-13/h7-10,14,16,19H,3-6,11-12H2,1-2H3,(H,20,21). The third kappa shape index (κ3) is 6.54. The van der Waals surface area contributed by atoms with Crippen molar-refractivity contribution in [3.63, 3.8) is 0 Å². The highest BCUT2D eigenvalue weighted by molar-refractivity contribution is 5.70. The van der Waals surface area contributed by atoms with Crippen LogP contribution < -0.4 is 5.32 Å². The number of ether oxygens (including phenoxy) is 1. The second kappa shape index (κ2) is 10.3. The van der Waals surface area contributed by atoms with Crippen LogP contribution in [0.1, 0.15) is 44.3 Å². The van der Waals surface area contributed by atoms with Crippen LogP contribution in [-0.4, -0.2) is 31.3 Å². The quantitative estimate of drug-likeness (QED) is 0.615. The number of benzene rings is 1. The molecule has 2 atom stereocenters. The number of hydrogen-bond acceptors (Lipinski definition) is 3. The molecule has 2 N–H and O–H groups in total. The van der Waals surface area contributed by atoms with Crippen molar-refractivity contribution in [2.45, 2.75) is 38.7 Å². The molecule has 124 valence electrons. The molecule has 0 aliphatic rings. The van der Waals surface area contributed by atoms with Crippen LogP contribution in [0.3, 0.4) is 0 Å². The Kier molecular flexibility index (Phi) is 8.70. The first-order chi connectivity index (χ1) is 10.6. The third-order valence-corrected chi connectivity index (χ3v) is 3.78. The maximum Gasteiger partial charge on any atom is 0.306 e. The van der Waals surface area contributed by atoms with Crippen LogP contribution in [0.4, 0.5) is 4.39 Å². The van der Waals surface area contributed by atoms with E-state index in [-0.39, 0.29) is 11.9 Å². The first-order valence-electron chi connectivity index (χ1n) is 7.80. The van der Waals surface area contributed by atoms with E-state index in [1.807, 2.05) is 6.92 Å². The Morgan fingerprint density at radius 3 is 2.55 bits per heavy atom. The molecule has 22 heavy (non-hydrogen) atoms. The number of unbranched alkanes of at least 4 members (excludes halogenated alkanes) is 1. The van der Waals surface area contributed by atoms with E-state index in [1.165, 1.54) is 12.1 Å². The second-order valence-corrected chi connectivity index (χ2v) is 5.40. The van der Waals surface area contributed by atoms with Crippen molar-refractivity contribution in [3.8, 4) is 0 Å². The summed E-state index contributed by atoms with van der Waals surface area (Å²) in [7, 11) is 1.55. The number of halogens is 1. The van der Waals surface area contributed by atoms with Crippen LogP contribution in [0.15, 0.2) is 24.3 Å². The van der Waals surface area contributed by atoms with Crippen molar-refractivity contribution < 1.29 is 19.0 Å². The lowest BCUT2D eigenvalue weighted by molar-refractivity contribution is -0.143. The van der Waals surface area contributed by atoms with E-state index in [1.54, 1.807) is 19.2 Å². The Bertz CT molecular complexity index is 436. The van der Waals surface area contributed by atoms with Crippen LogP contribution in [0.25, 0.3) is 0 Å². The lowest BCUT2D eigenvalue weighted by Gasteiger charge is -2.20. The Labute approximate surface area is 131 Å². The molecule has 0 fully saturated rings. The van der Waals surface area contributed by atoms with Crippen molar-refractivity contribution in [1.82, 2.24) is 5.32 Å². The van der Waals surface area contributed by atoms with Gasteiger partial charge in [-0.25, -0.2) is 4.39 Å². The number of aliphatic carboxylic acids is 1. The minimum absolute atomic E-state index is 0.309. The molecule has 0 aromatic heterocycles. The molecule has 5 heteroatoms. The van der Waals surface area contributed by atoms with E-state index >= 15 is 0 Å². The maximum atomic E-state index is 13.0. The van der Waals surface area contributed by atoms with E-state index in [9.17, 15) is 14.3 Å². The average Bonchev–Trinajstić information content (AvgIpc) is 2.51. The minimum atomic E-state index is -0.799. The summed E-state index contributed by atoms with van der Waals surface area (Å²) in [5, 5.41) is 12.6. The molecule has 2 unspecified atom stereocenters.